The van der Waals surface area contributed by atoms with Gasteiger partial charge in [-0.1, -0.05) is 170 Å². The lowest BCUT2D eigenvalue weighted by atomic mass is 9.94. The minimum atomic E-state index is -0.0857. The zero-order valence-electron chi connectivity index (χ0n) is 30.2. The van der Waals surface area contributed by atoms with Crippen LogP contribution in [-0.4, -0.2) is 24.1 Å². The third-order valence-electron chi connectivity index (χ3n) is 10.2. The first-order chi connectivity index (χ1) is 27.7. The van der Waals surface area contributed by atoms with Gasteiger partial charge in [-0.25, -0.2) is 15.0 Å². The summed E-state index contributed by atoms with van der Waals surface area (Å²) in [5.41, 5.74) is 10.3. The van der Waals surface area contributed by atoms with Crippen LogP contribution in [0.4, 0.5) is 0 Å². The van der Waals surface area contributed by atoms with Crippen LogP contribution in [0.5, 0.6) is 0 Å². The highest BCUT2D eigenvalue weighted by molar-refractivity contribution is 6.15. The molecule has 0 saturated carbocycles. The van der Waals surface area contributed by atoms with Gasteiger partial charge in [-0.3, -0.25) is 9.36 Å². The van der Waals surface area contributed by atoms with Gasteiger partial charge in [0.25, 0.3) is 5.56 Å². The number of fused-ring (bicyclic) bond motifs is 3. The Labute approximate surface area is 323 Å². The Kier molecular flexibility index (Phi) is 8.19. The van der Waals surface area contributed by atoms with Gasteiger partial charge in [-0.15, -0.1) is 0 Å². The second-order valence-corrected chi connectivity index (χ2v) is 13.6. The number of rotatable bonds is 7. The van der Waals surface area contributed by atoms with Crippen molar-refractivity contribution in [1.29, 1.82) is 0 Å². The fraction of sp³-hybridized carbons (Fsp3) is 0. The number of nitrogens with zero attached hydrogens (tertiary/aromatic N) is 5. The van der Waals surface area contributed by atoms with Crippen LogP contribution >= 0.6 is 0 Å². The van der Waals surface area contributed by atoms with Gasteiger partial charge in [-0.05, 0) is 41.5 Å². The fourth-order valence-electron chi connectivity index (χ4n) is 7.69. The number of para-hydroxylation sites is 2. The van der Waals surface area contributed by atoms with E-state index in [-0.39, 0.29) is 5.56 Å². The average Bonchev–Trinajstić information content (AvgIpc) is 3.62. The number of pyridine rings is 1. The van der Waals surface area contributed by atoms with Gasteiger partial charge in [0.15, 0.2) is 17.5 Å². The van der Waals surface area contributed by atoms with E-state index in [0.29, 0.717) is 23.0 Å². The van der Waals surface area contributed by atoms with Crippen molar-refractivity contribution in [3.8, 4) is 67.8 Å². The normalized spacial score (nSPS) is 11.3. The molecule has 6 heteroatoms. The van der Waals surface area contributed by atoms with Gasteiger partial charge in [0, 0.05) is 39.0 Å². The molecule has 0 aliphatic heterocycles. The van der Waals surface area contributed by atoms with Crippen LogP contribution in [0, 0.1) is 0 Å². The topological polar surface area (TPSA) is 65.6 Å². The molecule has 10 rings (SSSR count). The van der Waals surface area contributed by atoms with Crippen LogP contribution in [0.25, 0.3) is 89.7 Å². The Balaban J connectivity index is 1.32. The Morgan fingerprint density at radius 2 is 0.768 bits per heavy atom. The summed E-state index contributed by atoms with van der Waals surface area (Å²) < 4.78 is 4.18. The monoisotopic (exact) mass is 719 g/mol. The van der Waals surface area contributed by atoms with Crippen molar-refractivity contribution in [2.75, 3.05) is 0 Å². The first kappa shape index (κ1) is 32.9. The highest BCUT2D eigenvalue weighted by Crippen LogP contribution is 2.43. The Morgan fingerprint density at radius 1 is 0.339 bits per heavy atom. The maximum atomic E-state index is 15.2. The van der Waals surface area contributed by atoms with Gasteiger partial charge < -0.3 is 4.57 Å². The smallest absolute Gasteiger partial charge is 0.264 e. The van der Waals surface area contributed by atoms with Gasteiger partial charge in [-0.2, -0.15) is 0 Å². The maximum Gasteiger partial charge on any atom is 0.264 e. The highest BCUT2D eigenvalue weighted by Gasteiger charge is 2.27. The summed E-state index contributed by atoms with van der Waals surface area (Å²) in [6, 6.07) is 66.9. The van der Waals surface area contributed by atoms with Gasteiger partial charge in [0.05, 0.1) is 22.1 Å². The zero-order chi connectivity index (χ0) is 37.4. The molecular weight excluding hydrogens is 687 g/mol. The second-order valence-electron chi connectivity index (χ2n) is 13.6. The molecule has 6 nitrogen and oxygen atoms in total. The van der Waals surface area contributed by atoms with Crippen molar-refractivity contribution >= 4 is 21.9 Å². The molecule has 7 aromatic carbocycles. The molecule has 10 aromatic rings. The molecule has 0 saturated heterocycles. The Bertz CT molecular complexity index is 3010. The standard InChI is InChI=1S/C50H33N5O/c56-50-44(35-21-8-2-9-22-35)43(34-19-6-1-7-20-34)46-45(55(50)39-28-14-5-15-29-39)41-31-16-17-32-42(41)54(46)40-30-18-27-38(33-40)49-52-47(36-23-10-3-11-24-36)51-48(53-49)37-25-12-4-13-26-37/h1-33H. The summed E-state index contributed by atoms with van der Waals surface area (Å²) in [5.74, 6) is 1.76. The predicted molar refractivity (Wildman–Crippen MR) is 227 cm³/mol. The number of benzene rings is 7. The van der Waals surface area contributed by atoms with E-state index in [4.69, 9.17) is 15.0 Å². The second kappa shape index (κ2) is 13.9. The molecule has 0 N–H and O–H groups in total. The van der Waals surface area contributed by atoms with E-state index in [1.165, 1.54) is 0 Å². The van der Waals surface area contributed by atoms with Crippen molar-refractivity contribution in [3.63, 3.8) is 0 Å². The summed E-state index contributed by atoms with van der Waals surface area (Å²) in [6.07, 6.45) is 0. The van der Waals surface area contributed by atoms with E-state index in [0.717, 1.165) is 66.7 Å². The molecule has 3 aromatic heterocycles. The average molecular weight is 720 g/mol. The van der Waals surface area contributed by atoms with E-state index < -0.39 is 0 Å². The van der Waals surface area contributed by atoms with Gasteiger partial charge >= 0.3 is 0 Å². The third kappa shape index (κ3) is 5.68. The minimum absolute atomic E-state index is 0.0857. The SMILES string of the molecule is O=c1c(-c2ccccc2)c(-c2ccccc2)c2c(c3ccccc3n2-c2cccc(-c3nc(-c4ccccc4)nc(-c4ccccc4)n3)c2)n1-c1ccccc1. The molecule has 0 amide bonds. The lowest BCUT2D eigenvalue weighted by Gasteiger charge is -2.19. The Hall–Kier alpha value is -7.70. The summed E-state index contributed by atoms with van der Waals surface area (Å²) in [7, 11) is 0. The molecule has 0 atom stereocenters. The largest absolute Gasteiger partial charge is 0.307 e. The van der Waals surface area contributed by atoms with Crippen molar-refractivity contribution in [1.82, 2.24) is 24.1 Å². The first-order valence-corrected chi connectivity index (χ1v) is 18.6. The molecule has 0 radical (unpaired) electrons. The third-order valence-corrected chi connectivity index (χ3v) is 10.2. The molecule has 0 fully saturated rings. The quantitative estimate of drug-likeness (QED) is 0.164. The molecular formula is C50H33N5O. The first-order valence-electron chi connectivity index (χ1n) is 18.6. The highest BCUT2D eigenvalue weighted by atomic mass is 16.1. The van der Waals surface area contributed by atoms with E-state index in [2.05, 4.69) is 47.0 Å². The summed E-state index contributed by atoms with van der Waals surface area (Å²) in [4.78, 5) is 30.3. The molecule has 0 bridgehead atoms. The zero-order valence-corrected chi connectivity index (χ0v) is 30.2. The minimum Gasteiger partial charge on any atom is -0.307 e. The lowest BCUT2D eigenvalue weighted by Crippen LogP contribution is -2.22. The number of aromatic nitrogens is 5. The van der Waals surface area contributed by atoms with E-state index in [1.54, 1.807) is 0 Å². The molecule has 3 heterocycles. The molecule has 0 unspecified atom stereocenters. The van der Waals surface area contributed by atoms with Crippen LogP contribution < -0.4 is 5.56 Å². The molecule has 0 aliphatic carbocycles. The number of hydrogen-bond donors (Lipinski definition) is 0. The van der Waals surface area contributed by atoms with Crippen LogP contribution in [-0.2, 0) is 0 Å². The maximum absolute atomic E-state index is 15.2. The van der Waals surface area contributed by atoms with Crippen molar-refractivity contribution in [2.24, 2.45) is 0 Å². The van der Waals surface area contributed by atoms with Crippen LogP contribution in [0.2, 0.25) is 0 Å². The van der Waals surface area contributed by atoms with E-state index in [9.17, 15) is 0 Å². The van der Waals surface area contributed by atoms with Crippen LogP contribution in [0.3, 0.4) is 0 Å². The molecule has 0 aliphatic rings. The predicted octanol–water partition coefficient (Wildman–Crippen LogP) is 11.5. The van der Waals surface area contributed by atoms with Gasteiger partial charge in [0.2, 0.25) is 0 Å². The van der Waals surface area contributed by atoms with Gasteiger partial charge in [0.1, 0.15) is 0 Å². The molecule has 264 valence electrons. The summed E-state index contributed by atoms with van der Waals surface area (Å²) >= 11 is 0. The van der Waals surface area contributed by atoms with E-state index >= 15 is 4.79 Å². The summed E-state index contributed by atoms with van der Waals surface area (Å²) in [5, 5.41) is 0.962. The number of hydrogen-bond acceptors (Lipinski definition) is 4. The lowest BCUT2D eigenvalue weighted by molar-refractivity contribution is 1.04. The van der Waals surface area contributed by atoms with Crippen LogP contribution in [0.15, 0.2) is 205 Å². The van der Waals surface area contributed by atoms with Crippen molar-refractivity contribution in [3.05, 3.63) is 211 Å². The Morgan fingerprint density at radius 3 is 1.34 bits per heavy atom. The van der Waals surface area contributed by atoms with Crippen LogP contribution in [0.1, 0.15) is 0 Å². The van der Waals surface area contributed by atoms with E-state index in [1.807, 2.05) is 162 Å². The molecule has 56 heavy (non-hydrogen) atoms. The van der Waals surface area contributed by atoms with Crippen molar-refractivity contribution in [2.45, 2.75) is 0 Å². The fourth-order valence-corrected chi connectivity index (χ4v) is 7.69. The molecule has 0 spiro atoms. The van der Waals surface area contributed by atoms with Crippen molar-refractivity contribution < 1.29 is 0 Å². The summed E-state index contributed by atoms with van der Waals surface area (Å²) in [6.45, 7) is 0.